The van der Waals surface area contributed by atoms with E-state index in [1.807, 2.05) is 0 Å². The highest BCUT2D eigenvalue weighted by molar-refractivity contribution is 5.94. The molecule has 2 aliphatic heterocycles. The van der Waals surface area contributed by atoms with Crippen molar-refractivity contribution in [2.45, 2.75) is 0 Å². The summed E-state index contributed by atoms with van der Waals surface area (Å²) in [6.45, 7) is 4.29. The van der Waals surface area contributed by atoms with E-state index in [1.165, 1.54) is 18.2 Å². The Bertz CT molecular complexity index is 582. The van der Waals surface area contributed by atoms with Crippen LogP contribution < -0.4 is 0 Å². The zero-order valence-corrected chi connectivity index (χ0v) is 12.9. The predicted octanol–water partition coefficient (Wildman–Crippen LogP) is 1.04. The minimum Gasteiger partial charge on any atom is -0.378 e. The van der Waals surface area contributed by atoms with Crippen LogP contribution in [0.3, 0.4) is 0 Å². The lowest BCUT2D eigenvalue weighted by Crippen LogP contribution is -2.55. The lowest BCUT2D eigenvalue weighted by molar-refractivity contribution is 0.0362. The van der Waals surface area contributed by atoms with Crippen LogP contribution in [0.25, 0.3) is 0 Å². The molecule has 0 bridgehead atoms. The van der Waals surface area contributed by atoms with E-state index in [9.17, 15) is 14.0 Å². The van der Waals surface area contributed by atoms with Gasteiger partial charge in [0.05, 0.1) is 13.2 Å². The maximum atomic E-state index is 13.2. The Morgan fingerprint density at radius 1 is 0.913 bits per heavy atom. The third-order valence-electron chi connectivity index (χ3n) is 4.19. The highest BCUT2D eigenvalue weighted by Gasteiger charge is 2.28. The molecule has 2 aliphatic rings. The van der Waals surface area contributed by atoms with Crippen molar-refractivity contribution in [3.05, 3.63) is 35.6 Å². The molecule has 0 radical (unpaired) electrons. The molecule has 1 aromatic rings. The molecule has 0 atom stereocenters. The number of morpholine rings is 1. The second-order valence-electron chi connectivity index (χ2n) is 5.67. The highest BCUT2D eigenvalue weighted by Crippen LogP contribution is 2.12. The monoisotopic (exact) mass is 321 g/mol. The smallest absolute Gasteiger partial charge is 0.320 e. The third-order valence-corrected chi connectivity index (χ3v) is 4.19. The molecule has 3 amide bonds. The number of piperazine rings is 1. The number of carbonyl (C=O) groups is 2. The summed E-state index contributed by atoms with van der Waals surface area (Å²) >= 11 is 0. The van der Waals surface area contributed by atoms with Gasteiger partial charge in [-0.05, 0) is 18.2 Å². The number of nitrogens with zero attached hydrogens (tertiary/aromatic N) is 3. The van der Waals surface area contributed by atoms with Gasteiger partial charge in [-0.3, -0.25) is 4.79 Å². The van der Waals surface area contributed by atoms with Crippen LogP contribution in [-0.2, 0) is 4.74 Å². The van der Waals surface area contributed by atoms with Crippen LogP contribution in [0.1, 0.15) is 10.4 Å². The number of hydrogen-bond acceptors (Lipinski definition) is 3. The Kier molecular flexibility index (Phi) is 4.76. The van der Waals surface area contributed by atoms with Gasteiger partial charge in [0.15, 0.2) is 0 Å². The first kappa shape index (κ1) is 15.7. The van der Waals surface area contributed by atoms with Crippen LogP contribution in [0.5, 0.6) is 0 Å². The molecule has 0 aliphatic carbocycles. The Morgan fingerprint density at radius 3 is 2.17 bits per heavy atom. The van der Waals surface area contributed by atoms with Crippen molar-refractivity contribution in [1.29, 1.82) is 0 Å². The molecule has 2 saturated heterocycles. The molecule has 2 heterocycles. The average molecular weight is 321 g/mol. The molecule has 6 nitrogen and oxygen atoms in total. The molecule has 1 aromatic carbocycles. The van der Waals surface area contributed by atoms with E-state index >= 15 is 0 Å². The Balaban J connectivity index is 1.55. The van der Waals surface area contributed by atoms with Gasteiger partial charge < -0.3 is 19.4 Å². The fraction of sp³-hybridized carbons (Fsp3) is 0.500. The van der Waals surface area contributed by atoms with Crippen molar-refractivity contribution in [2.75, 3.05) is 52.5 Å². The highest BCUT2D eigenvalue weighted by atomic mass is 19.1. The number of benzene rings is 1. The maximum absolute atomic E-state index is 13.2. The van der Waals surface area contributed by atoms with Crippen LogP contribution in [-0.4, -0.2) is 79.1 Å². The van der Waals surface area contributed by atoms with E-state index in [0.29, 0.717) is 58.0 Å². The summed E-state index contributed by atoms with van der Waals surface area (Å²) in [5.41, 5.74) is 0.345. The molecule has 23 heavy (non-hydrogen) atoms. The lowest BCUT2D eigenvalue weighted by Gasteiger charge is -2.38. The predicted molar refractivity (Wildman–Crippen MR) is 81.7 cm³/mol. The van der Waals surface area contributed by atoms with Gasteiger partial charge in [-0.2, -0.15) is 0 Å². The molecule has 0 unspecified atom stereocenters. The van der Waals surface area contributed by atoms with E-state index in [1.54, 1.807) is 20.8 Å². The van der Waals surface area contributed by atoms with Gasteiger partial charge in [0.2, 0.25) is 0 Å². The van der Waals surface area contributed by atoms with Gasteiger partial charge in [-0.25, -0.2) is 9.18 Å². The zero-order valence-electron chi connectivity index (χ0n) is 12.9. The summed E-state index contributed by atoms with van der Waals surface area (Å²) in [7, 11) is 0. The van der Waals surface area contributed by atoms with Crippen LogP contribution in [0.4, 0.5) is 9.18 Å². The molecular weight excluding hydrogens is 301 g/mol. The number of halogens is 1. The average Bonchev–Trinajstić information content (AvgIpc) is 2.61. The fourth-order valence-corrected chi connectivity index (χ4v) is 2.86. The second-order valence-corrected chi connectivity index (χ2v) is 5.67. The summed E-state index contributed by atoms with van der Waals surface area (Å²) in [5.74, 6) is -0.611. The van der Waals surface area contributed by atoms with Crippen molar-refractivity contribution in [3.8, 4) is 0 Å². The Labute approximate surface area is 134 Å². The first-order valence-corrected chi connectivity index (χ1v) is 7.81. The lowest BCUT2D eigenvalue weighted by atomic mass is 10.2. The van der Waals surface area contributed by atoms with Crippen molar-refractivity contribution < 1.29 is 18.7 Å². The van der Waals surface area contributed by atoms with E-state index in [0.717, 1.165) is 0 Å². The van der Waals surface area contributed by atoms with Gasteiger partial charge in [0.25, 0.3) is 5.91 Å². The fourth-order valence-electron chi connectivity index (χ4n) is 2.86. The Hall–Kier alpha value is -2.15. The molecule has 3 rings (SSSR count). The summed E-state index contributed by atoms with van der Waals surface area (Å²) in [5, 5.41) is 0. The third kappa shape index (κ3) is 3.61. The molecule has 0 aromatic heterocycles. The van der Waals surface area contributed by atoms with Gasteiger partial charge in [-0.1, -0.05) is 6.07 Å². The van der Waals surface area contributed by atoms with Crippen molar-refractivity contribution in [2.24, 2.45) is 0 Å². The van der Waals surface area contributed by atoms with Crippen LogP contribution >= 0.6 is 0 Å². The van der Waals surface area contributed by atoms with Crippen LogP contribution in [0.2, 0.25) is 0 Å². The largest absolute Gasteiger partial charge is 0.378 e. The number of rotatable bonds is 1. The Morgan fingerprint density at radius 2 is 1.52 bits per heavy atom. The van der Waals surface area contributed by atoms with E-state index in [2.05, 4.69) is 0 Å². The van der Waals surface area contributed by atoms with Gasteiger partial charge in [0.1, 0.15) is 5.82 Å². The maximum Gasteiger partial charge on any atom is 0.320 e. The number of ether oxygens (including phenoxy) is 1. The molecule has 124 valence electrons. The molecule has 0 N–H and O–H groups in total. The van der Waals surface area contributed by atoms with E-state index < -0.39 is 5.82 Å². The summed E-state index contributed by atoms with van der Waals surface area (Å²) in [4.78, 5) is 30.0. The van der Waals surface area contributed by atoms with Crippen molar-refractivity contribution in [3.63, 3.8) is 0 Å². The summed E-state index contributed by atoms with van der Waals surface area (Å²) in [6, 6.07) is 5.70. The minimum atomic E-state index is -0.419. The van der Waals surface area contributed by atoms with Crippen LogP contribution in [0.15, 0.2) is 24.3 Å². The minimum absolute atomic E-state index is 0.00570. The van der Waals surface area contributed by atoms with Crippen molar-refractivity contribution >= 4 is 11.9 Å². The molecule has 7 heteroatoms. The molecule has 2 fully saturated rings. The van der Waals surface area contributed by atoms with Crippen molar-refractivity contribution in [1.82, 2.24) is 14.7 Å². The van der Waals surface area contributed by atoms with E-state index in [-0.39, 0.29) is 11.9 Å². The molecular formula is C16H20FN3O3. The number of amides is 3. The number of hydrogen-bond donors (Lipinski definition) is 0. The standard InChI is InChI=1S/C16H20FN3O3/c17-14-3-1-2-13(12-14)15(21)18-4-6-19(7-5-18)16(22)20-8-10-23-11-9-20/h1-3,12H,4-11H2. The molecule has 0 spiro atoms. The number of carbonyl (C=O) groups excluding carboxylic acids is 2. The summed E-state index contributed by atoms with van der Waals surface area (Å²) in [6.07, 6.45) is 0. The zero-order chi connectivity index (χ0) is 16.2. The topological polar surface area (TPSA) is 53.1 Å². The molecule has 0 saturated carbocycles. The van der Waals surface area contributed by atoms with Crippen LogP contribution in [0, 0.1) is 5.82 Å². The van der Waals surface area contributed by atoms with Gasteiger partial charge in [0, 0.05) is 44.8 Å². The second kappa shape index (κ2) is 6.95. The van der Waals surface area contributed by atoms with E-state index in [4.69, 9.17) is 4.74 Å². The van der Waals surface area contributed by atoms with Gasteiger partial charge >= 0.3 is 6.03 Å². The number of urea groups is 1. The SMILES string of the molecule is O=C(c1cccc(F)c1)N1CCN(C(=O)N2CCOCC2)CC1. The van der Waals surface area contributed by atoms with Gasteiger partial charge in [-0.15, -0.1) is 0 Å². The normalized spacial score (nSPS) is 18.9. The first-order valence-electron chi connectivity index (χ1n) is 7.81. The quantitative estimate of drug-likeness (QED) is 0.776. The first-order chi connectivity index (χ1) is 11.1. The summed E-state index contributed by atoms with van der Waals surface area (Å²) < 4.78 is 18.5.